The molecular formula is C25H25N3O3. The molecule has 0 atom stereocenters. The van der Waals surface area contributed by atoms with Gasteiger partial charge in [0, 0.05) is 17.2 Å². The smallest absolute Gasteiger partial charge is 0.271 e. The fourth-order valence-corrected chi connectivity index (χ4v) is 2.61. The first-order valence-corrected chi connectivity index (χ1v) is 10.0. The summed E-state index contributed by atoms with van der Waals surface area (Å²) in [6.07, 6.45) is 1.57. The van der Waals surface area contributed by atoms with Gasteiger partial charge >= 0.3 is 0 Å². The molecule has 6 heteroatoms. The molecule has 2 amide bonds. The number of anilines is 1. The topological polar surface area (TPSA) is 79.8 Å². The van der Waals surface area contributed by atoms with E-state index < -0.39 is 0 Å². The van der Waals surface area contributed by atoms with Gasteiger partial charge in [0.1, 0.15) is 12.4 Å². The molecule has 0 aliphatic heterocycles. The maximum Gasteiger partial charge on any atom is 0.271 e. The molecule has 3 aromatic carbocycles. The summed E-state index contributed by atoms with van der Waals surface area (Å²) in [7, 11) is 0. The summed E-state index contributed by atoms with van der Waals surface area (Å²) in [5.74, 6) is 0.246. The lowest BCUT2D eigenvalue weighted by molar-refractivity contribution is -0.118. The second kappa shape index (κ2) is 10.7. The molecule has 158 valence electrons. The van der Waals surface area contributed by atoms with Crippen molar-refractivity contribution >= 4 is 23.7 Å². The Morgan fingerprint density at radius 2 is 1.61 bits per heavy atom. The predicted molar refractivity (Wildman–Crippen MR) is 122 cm³/mol. The molecule has 0 radical (unpaired) electrons. The Labute approximate surface area is 182 Å². The van der Waals surface area contributed by atoms with E-state index in [1.165, 1.54) is 0 Å². The van der Waals surface area contributed by atoms with E-state index in [1.807, 2.05) is 68.4 Å². The minimum atomic E-state index is -0.333. The molecular weight excluding hydrogens is 390 g/mol. The number of hydrogen-bond donors (Lipinski definition) is 2. The molecule has 0 aliphatic rings. The van der Waals surface area contributed by atoms with E-state index >= 15 is 0 Å². The highest BCUT2D eigenvalue weighted by Gasteiger charge is 2.08. The van der Waals surface area contributed by atoms with Crippen LogP contribution < -0.4 is 15.5 Å². The maximum absolute atomic E-state index is 12.2. The highest BCUT2D eigenvalue weighted by molar-refractivity contribution is 5.96. The minimum Gasteiger partial charge on any atom is -0.489 e. The molecule has 0 aliphatic carbocycles. The van der Waals surface area contributed by atoms with Crippen molar-refractivity contribution < 1.29 is 14.3 Å². The van der Waals surface area contributed by atoms with Gasteiger partial charge in [0.15, 0.2) is 0 Å². The number of hydrazone groups is 1. The zero-order valence-electron chi connectivity index (χ0n) is 17.5. The van der Waals surface area contributed by atoms with Crippen molar-refractivity contribution in [3.05, 3.63) is 95.6 Å². The Morgan fingerprint density at radius 3 is 2.26 bits per heavy atom. The molecule has 0 bridgehead atoms. The van der Waals surface area contributed by atoms with Gasteiger partial charge < -0.3 is 10.1 Å². The van der Waals surface area contributed by atoms with Gasteiger partial charge in [0.2, 0.25) is 5.91 Å². The van der Waals surface area contributed by atoms with E-state index in [0.29, 0.717) is 17.9 Å². The first-order valence-electron chi connectivity index (χ1n) is 10.0. The summed E-state index contributed by atoms with van der Waals surface area (Å²) < 4.78 is 5.75. The summed E-state index contributed by atoms with van der Waals surface area (Å²) in [6, 6.07) is 24.0. The molecule has 0 spiro atoms. The fraction of sp³-hybridized carbons (Fsp3) is 0.160. The number of amides is 2. The van der Waals surface area contributed by atoms with Gasteiger partial charge in [0.25, 0.3) is 5.91 Å². The Morgan fingerprint density at radius 1 is 0.935 bits per heavy atom. The van der Waals surface area contributed by atoms with E-state index in [1.54, 1.807) is 30.5 Å². The van der Waals surface area contributed by atoms with Crippen LogP contribution in [0.4, 0.5) is 5.69 Å². The summed E-state index contributed by atoms with van der Waals surface area (Å²) >= 11 is 0. The van der Waals surface area contributed by atoms with Crippen molar-refractivity contribution in [2.24, 2.45) is 11.0 Å². The summed E-state index contributed by atoms with van der Waals surface area (Å²) in [4.78, 5) is 23.9. The lowest BCUT2D eigenvalue weighted by atomic mass is 10.1. The highest BCUT2D eigenvalue weighted by atomic mass is 16.5. The normalized spacial score (nSPS) is 10.8. The van der Waals surface area contributed by atoms with E-state index in [9.17, 15) is 9.59 Å². The third-order valence-electron chi connectivity index (χ3n) is 4.45. The van der Waals surface area contributed by atoms with Crippen LogP contribution in [0.1, 0.15) is 35.3 Å². The summed E-state index contributed by atoms with van der Waals surface area (Å²) in [6.45, 7) is 4.14. The lowest BCUT2D eigenvalue weighted by Crippen LogP contribution is -2.19. The molecule has 0 saturated heterocycles. The van der Waals surface area contributed by atoms with Crippen LogP contribution in [0.2, 0.25) is 0 Å². The lowest BCUT2D eigenvalue weighted by Gasteiger charge is -2.08. The minimum absolute atomic E-state index is 0.0710. The molecule has 6 nitrogen and oxygen atoms in total. The van der Waals surface area contributed by atoms with Gasteiger partial charge in [-0.3, -0.25) is 9.59 Å². The number of nitrogens with one attached hydrogen (secondary N) is 2. The SMILES string of the molecule is CC(C)C(=O)Nc1ccc(C(=O)N/N=C/c2ccc(OCc3ccccc3)cc2)cc1. The highest BCUT2D eigenvalue weighted by Crippen LogP contribution is 2.14. The van der Waals surface area contributed by atoms with Crippen LogP contribution in [0, 0.1) is 5.92 Å². The molecule has 2 N–H and O–H groups in total. The van der Waals surface area contributed by atoms with Crippen LogP contribution in [-0.2, 0) is 11.4 Å². The molecule has 3 aromatic rings. The zero-order chi connectivity index (χ0) is 22.1. The zero-order valence-corrected chi connectivity index (χ0v) is 17.5. The van der Waals surface area contributed by atoms with Gasteiger partial charge in [-0.1, -0.05) is 44.2 Å². The van der Waals surface area contributed by atoms with E-state index in [2.05, 4.69) is 15.8 Å². The van der Waals surface area contributed by atoms with Crippen LogP contribution in [0.5, 0.6) is 5.75 Å². The molecule has 0 saturated carbocycles. The summed E-state index contributed by atoms with van der Waals surface area (Å²) in [5, 5.41) is 6.78. The third kappa shape index (κ3) is 6.82. The number of hydrogen-bond acceptors (Lipinski definition) is 4. The van der Waals surface area contributed by atoms with E-state index in [0.717, 1.165) is 16.9 Å². The van der Waals surface area contributed by atoms with Gasteiger partial charge in [-0.2, -0.15) is 5.10 Å². The second-order valence-corrected chi connectivity index (χ2v) is 7.26. The standard InChI is InChI=1S/C25H25N3O3/c1-18(2)24(29)27-22-12-10-21(11-13-22)25(30)28-26-16-19-8-14-23(15-9-19)31-17-20-6-4-3-5-7-20/h3-16,18H,17H2,1-2H3,(H,27,29)(H,28,30)/b26-16+. The largest absolute Gasteiger partial charge is 0.489 e. The first kappa shape index (κ1) is 21.8. The fourth-order valence-electron chi connectivity index (χ4n) is 2.61. The monoisotopic (exact) mass is 415 g/mol. The van der Waals surface area contributed by atoms with Crippen molar-refractivity contribution in [3.63, 3.8) is 0 Å². The van der Waals surface area contributed by atoms with Gasteiger partial charge in [0.05, 0.1) is 6.21 Å². The number of benzene rings is 3. The first-order chi connectivity index (χ1) is 15.0. The number of rotatable bonds is 8. The predicted octanol–water partition coefficient (Wildman–Crippen LogP) is 4.62. The Kier molecular flexibility index (Phi) is 7.54. The Hall–Kier alpha value is -3.93. The van der Waals surface area contributed by atoms with Gasteiger partial charge in [-0.25, -0.2) is 5.43 Å². The molecule has 0 heterocycles. The van der Waals surface area contributed by atoms with Crippen LogP contribution in [0.25, 0.3) is 0 Å². The second-order valence-electron chi connectivity index (χ2n) is 7.26. The van der Waals surface area contributed by atoms with Crippen molar-refractivity contribution in [1.82, 2.24) is 5.43 Å². The molecule has 0 fully saturated rings. The number of ether oxygens (including phenoxy) is 1. The third-order valence-corrected chi connectivity index (χ3v) is 4.45. The van der Waals surface area contributed by atoms with Crippen LogP contribution in [0.3, 0.4) is 0 Å². The molecule has 0 aromatic heterocycles. The molecule has 0 unspecified atom stereocenters. The number of carbonyl (C=O) groups is 2. The molecule has 3 rings (SSSR count). The van der Waals surface area contributed by atoms with E-state index in [4.69, 9.17) is 4.74 Å². The van der Waals surface area contributed by atoms with E-state index in [-0.39, 0.29) is 17.7 Å². The summed E-state index contributed by atoms with van der Waals surface area (Å²) in [5.41, 5.74) is 5.53. The number of nitrogens with zero attached hydrogens (tertiary/aromatic N) is 1. The van der Waals surface area contributed by atoms with Crippen LogP contribution >= 0.6 is 0 Å². The van der Waals surface area contributed by atoms with Crippen LogP contribution in [-0.4, -0.2) is 18.0 Å². The average Bonchev–Trinajstić information content (AvgIpc) is 2.79. The maximum atomic E-state index is 12.2. The van der Waals surface area contributed by atoms with Gasteiger partial charge in [-0.05, 0) is 59.7 Å². The molecule has 31 heavy (non-hydrogen) atoms. The van der Waals surface area contributed by atoms with Crippen LogP contribution in [0.15, 0.2) is 84.0 Å². The average molecular weight is 415 g/mol. The van der Waals surface area contributed by atoms with Crippen molar-refractivity contribution in [3.8, 4) is 5.75 Å². The Bertz CT molecular complexity index is 1030. The quantitative estimate of drug-likeness (QED) is 0.416. The Balaban J connectivity index is 1.48. The van der Waals surface area contributed by atoms with Crippen molar-refractivity contribution in [2.45, 2.75) is 20.5 Å². The van der Waals surface area contributed by atoms with Crippen molar-refractivity contribution in [1.29, 1.82) is 0 Å². The van der Waals surface area contributed by atoms with Crippen molar-refractivity contribution in [2.75, 3.05) is 5.32 Å². The van der Waals surface area contributed by atoms with Gasteiger partial charge in [-0.15, -0.1) is 0 Å². The number of carbonyl (C=O) groups excluding carboxylic acids is 2.